The molecule has 0 saturated carbocycles. The largest absolute Gasteiger partial charge is 0.424 e. The molecule has 0 amide bonds. The fraction of sp³-hybridized carbons (Fsp3) is 0.364. The molecule has 2 rings (SSSR count). The smallest absolute Gasteiger partial charge is 0.337 e. The van der Waals surface area contributed by atoms with Crippen LogP contribution < -0.4 is 20.9 Å². The normalized spacial score (nSPS) is 10.5. The van der Waals surface area contributed by atoms with Gasteiger partial charge in [-0.3, -0.25) is 4.79 Å². The monoisotopic (exact) mass is 416 g/mol. The van der Waals surface area contributed by atoms with E-state index >= 15 is 0 Å². The number of nitrogen functional groups attached to an aromatic ring is 2. The van der Waals surface area contributed by atoms with Crippen LogP contribution >= 0.6 is 0 Å². The number of hydrogen-bond donors (Lipinski definition) is 2. The molecular weight excluding hydrogens is 388 g/mol. The molecule has 0 aliphatic rings. The van der Waals surface area contributed by atoms with Crippen molar-refractivity contribution in [3.8, 4) is 11.5 Å². The molecule has 8 heteroatoms. The topological polar surface area (TPSA) is 123 Å². The van der Waals surface area contributed by atoms with Crippen molar-refractivity contribution < 1.29 is 28.5 Å². The van der Waals surface area contributed by atoms with E-state index in [1.54, 1.807) is 48.5 Å². The van der Waals surface area contributed by atoms with Crippen molar-refractivity contribution in [2.45, 2.75) is 25.7 Å². The van der Waals surface area contributed by atoms with E-state index in [0.29, 0.717) is 48.9 Å². The van der Waals surface area contributed by atoms with Crippen molar-refractivity contribution in [2.24, 2.45) is 0 Å². The first-order valence-corrected chi connectivity index (χ1v) is 9.82. The van der Waals surface area contributed by atoms with Gasteiger partial charge in [-0.25, -0.2) is 4.79 Å². The Morgan fingerprint density at radius 3 is 1.87 bits per heavy atom. The lowest BCUT2D eigenvalue weighted by atomic mass is 10.2. The van der Waals surface area contributed by atoms with Gasteiger partial charge in [0, 0.05) is 13.0 Å². The second-order valence-corrected chi connectivity index (χ2v) is 6.50. The number of para-hydroxylation sites is 4. The van der Waals surface area contributed by atoms with Crippen molar-refractivity contribution >= 4 is 23.3 Å². The summed E-state index contributed by atoms with van der Waals surface area (Å²) < 4.78 is 21.0. The van der Waals surface area contributed by atoms with Crippen molar-refractivity contribution in [1.82, 2.24) is 0 Å². The highest BCUT2D eigenvalue weighted by molar-refractivity contribution is 5.75. The minimum Gasteiger partial charge on any atom is -0.424 e. The molecular formula is C22H28N2O6. The van der Waals surface area contributed by atoms with E-state index in [0.717, 1.165) is 12.8 Å². The molecule has 30 heavy (non-hydrogen) atoms. The quantitative estimate of drug-likeness (QED) is 0.221. The summed E-state index contributed by atoms with van der Waals surface area (Å²) in [6.07, 6.45) is 2.69. The Balaban J connectivity index is 1.42. The zero-order valence-corrected chi connectivity index (χ0v) is 16.9. The number of unbranched alkanes of at least 4 members (excludes halogenated alkanes) is 2. The SMILES string of the molecule is Nc1ccccc1OC(=O)CCCCCOCCOCC(=O)Oc1ccccc1N. The Bertz CT molecular complexity index is 744. The molecule has 0 radical (unpaired) electrons. The second-order valence-electron chi connectivity index (χ2n) is 6.50. The summed E-state index contributed by atoms with van der Waals surface area (Å²) in [5.41, 5.74) is 12.3. The van der Waals surface area contributed by atoms with Gasteiger partial charge in [-0.1, -0.05) is 30.7 Å². The van der Waals surface area contributed by atoms with Crippen molar-refractivity contribution in [3.05, 3.63) is 48.5 Å². The Morgan fingerprint density at radius 1 is 0.667 bits per heavy atom. The molecule has 0 aliphatic carbocycles. The Hall–Kier alpha value is -3.10. The van der Waals surface area contributed by atoms with Crippen LogP contribution in [-0.4, -0.2) is 38.4 Å². The summed E-state index contributed by atoms with van der Waals surface area (Å²) in [7, 11) is 0. The van der Waals surface area contributed by atoms with Crippen molar-refractivity contribution in [1.29, 1.82) is 0 Å². The number of ether oxygens (including phenoxy) is 4. The van der Waals surface area contributed by atoms with Crippen LogP contribution in [0.3, 0.4) is 0 Å². The van der Waals surface area contributed by atoms with Gasteiger partial charge in [-0.05, 0) is 37.1 Å². The highest BCUT2D eigenvalue weighted by atomic mass is 16.6. The summed E-state index contributed by atoms with van der Waals surface area (Å²) in [6, 6.07) is 13.7. The molecule has 0 unspecified atom stereocenters. The highest BCUT2D eigenvalue weighted by Gasteiger charge is 2.08. The van der Waals surface area contributed by atoms with Crippen LogP contribution in [0, 0.1) is 0 Å². The molecule has 8 nitrogen and oxygen atoms in total. The maximum absolute atomic E-state index is 11.8. The number of nitrogens with two attached hydrogens (primary N) is 2. The van der Waals surface area contributed by atoms with Crippen LogP contribution in [-0.2, 0) is 19.1 Å². The van der Waals surface area contributed by atoms with Gasteiger partial charge in [0.2, 0.25) is 0 Å². The lowest BCUT2D eigenvalue weighted by molar-refractivity contribution is -0.140. The van der Waals surface area contributed by atoms with Gasteiger partial charge >= 0.3 is 11.9 Å². The first-order valence-electron chi connectivity index (χ1n) is 9.82. The molecule has 0 fully saturated rings. The minimum atomic E-state index is -0.517. The fourth-order valence-corrected chi connectivity index (χ4v) is 2.50. The Morgan fingerprint density at radius 2 is 1.23 bits per heavy atom. The number of benzene rings is 2. The van der Waals surface area contributed by atoms with Crippen molar-refractivity contribution in [3.63, 3.8) is 0 Å². The summed E-state index contributed by atoms with van der Waals surface area (Å²) in [5, 5.41) is 0. The molecule has 162 valence electrons. The van der Waals surface area contributed by atoms with Crippen LogP contribution in [0.5, 0.6) is 11.5 Å². The molecule has 0 aromatic heterocycles. The third kappa shape index (κ3) is 8.93. The summed E-state index contributed by atoms with van der Waals surface area (Å²) in [4.78, 5) is 23.5. The van der Waals surface area contributed by atoms with Crippen LogP contribution in [0.4, 0.5) is 11.4 Å². The predicted octanol–water partition coefficient (Wildman–Crippen LogP) is 2.96. The molecule has 0 spiro atoms. The Labute approximate surface area is 176 Å². The van der Waals surface area contributed by atoms with Crippen molar-refractivity contribution in [2.75, 3.05) is 37.9 Å². The van der Waals surface area contributed by atoms with E-state index in [4.69, 9.17) is 30.4 Å². The maximum atomic E-state index is 11.8. The summed E-state index contributed by atoms with van der Waals surface area (Å²) >= 11 is 0. The first kappa shape index (κ1) is 23.2. The first-order chi connectivity index (χ1) is 14.6. The molecule has 4 N–H and O–H groups in total. The van der Waals surface area contributed by atoms with E-state index in [9.17, 15) is 9.59 Å². The number of rotatable bonds is 13. The third-order valence-electron chi connectivity index (χ3n) is 4.05. The van der Waals surface area contributed by atoms with Gasteiger partial charge < -0.3 is 30.4 Å². The molecule has 0 aliphatic heterocycles. The van der Waals surface area contributed by atoms with Gasteiger partial charge in [0.25, 0.3) is 0 Å². The summed E-state index contributed by atoms with van der Waals surface area (Å²) in [5.74, 6) is -0.108. The standard InChI is InChI=1S/C22H28N2O6/c23-17-8-3-5-10-19(17)29-21(25)12-2-1-7-13-27-14-15-28-16-22(26)30-20-11-6-4-9-18(20)24/h3-6,8-11H,1-2,7,12-16,23-24H2. The average Bonchev–Trinajstić information content (AvgIpc) is 2.73. The highest BCUT2D eigenvalue weighted by Crippen LogP contribution is 2.21. The maximum Gasteiger partial charge on any atom is 0.337 e. The molecule has 0 atom stereocenters. The van der Waals surface area contributed by atoms with E-state index in [-0.39, 0.29) is 19.2 Å². The van der Waals surface area contributed by atoms with Gasteiger partial charge in [-0.15, -0.1) is 0 Å². The fourth-order valence-electron chi connectivity index (χ4n) is 2.50. The zero-order valence-electron chi connectivity index (χ0n) is 16.9. The number of anilines is 2. The third-order valence-corrected chi connectivity index (χ3v) is 4.05. The van der Waals surface area contributed by atoms with E-state index in [2.05, 4.69) is 0 Å². The van der Waals surface area contributed by atoms with E-state index in [1.165, 1.54) is 0 Å². The van der Waals surface area contributed by atoms with E-state index < -0.39 is 5.97 Å². The van der Waals surface area contributed by atoms with Crippen LogP contribution in [0.1, 0.15) is 25.7 Å². The Kier molecular flexibility index (Phi) is 10.2. The molecule has 2 aromatic rings. The number of hydrogen-bond acceptors (Lipinski definition) is 8. The lowest BCUT2D eigenvalue weighted by Crippen LogP contribution is -2.18. The van der Waals surface area contributed by atoms with Gasteiger partial charge in [0.05, 0.1) is 24.6 Å². The summed E-state index contributed by atoms with van der Waals surface area (Å²) in [6.45, 7) is 1.03. The predicted molar refractivity (Wildman–Crippen MR) is 113 cm³/mol. The lowest BCUT2D eigenvalue weighted by Gasteiger charge is -2.08. The van der Waals surface area contributed by atoms with E-state index in [1.807, 2.05) is 0 Å². The molecule has 2 aromatic carbocycles. The molecule has 0 bridgehead atoms. The van der Waals surface area contributed by atoms with Gasteiger partial charge in [0.15, 0.2) is 11.5 Å². The van der Waals surface area contributed by atoms with Gasteiger partial charge in [-0.2, -0.15) is 0 Å². The van der Waals surface area contributed by atoms with Crippen LogP contribution in [0.25, 0.3) is 0 Å². The van der Waals surface area contributed by atoms with Crippen LogP contribution in [0.2, 0.25) is 0 Å². The minimum absolute atomic E-state index is 0.175. The number of carbonyl (C=O) groups is 2. The average molecular weight is 416 g/mol. The number of esters is 2. The molecule has 0 heterocycles. The van der Waals surface area contributed by atoms with Crippen LogP contribution in [0.15, 0.2) is 48.5 Å². The second kappa shape index (κ2) is 13.2. The molecule has 0 saturated heterocycles. The van der Waals surface area contributed by atoms with Gasteiger partial charge in [0.1, 0.15) is 6.61 Å². The zero-order chi connectivity index (χ0) is 21.6. The number of carbonyl (C=O) groups excluding carboxylic acids is 2.